The van der Waals surface area contributed by atoms with E-state index >= 15 is 0 Å². The predicted molar refractivity (Wildman–Crippen MR) is 77.4 cm³/mol. The van der Waals surface area contributed by atoms with Crippen LogP contribution in [0.15, 0.2) is 23.1 Å². The lowest BCUT2D eigenvalue weighted by Gasteiger charge is -2.32. The maximum absolute atomic E-state index is 13.7. The molecule has 1 aromatic rings. The Labute approximate surface area is 123 Å². The van der Waals surface area contributed by atoms with Gasteiger partial charge in [-0.3, -0.25) is 0 Å². The predicted octanol–water partition coefficient (Wildman–Crippen LogP) is 5.17. The quantitative estimate of drug-likeness (QED) is 0.765. The molecule has 0 saturated heterocycles. The monoisotopic (exact) mass is 295 g/mol. The van der Waals surface area contributed by atoms with Gasteiger partial charge in [-0.2, -0.15) is 5.26 Å². The first-order valence-corrected chi connectivity index (χ1v) is 8.03. The second kappa shape index (κ2) is 7.08. The fourth-order valence-corrected chi connectivity index (χ4v) is 4.27. The van der Waals surface area contributed by atoms with E-state index in [0.29, 0.717) is 10.8 Å². The van der Waals surface area contributed by atoms with Crippen molar-refractivity contribution in [2.24, 2.45) is 11.8 Å². The van der Waals surface area contributed by atoms with E-state index in [4.69, 9.17) is 0 Å². The SMILES string of the molecule is CCCC1CCC(C#N)C(Sc2ccc(F)cc2F)C1. The van der Waals surface area contributed by atoms with Gasteiger partial charge in [0.1, 0.15) is 11.6 Å². The molecule has 108 valence electrons. The van der Waals surface area contributed by atoms with Crippen LogP contribution in [-0.4, -0.2) is 5.25 Å². The minimum atomic E-state index is -0.559. The number of nitriles is 1. The molecule has 1 saturated carbocycles. The van der Waals surface area contributed by atoms with Crippen LogP contribution in [0.5, 0.6) is 0 Å². The summed E-state index contributed by atoms with van der Waals surface area (Å²) < 4.78 is 26.7. The maximum atomic E-state index is 13.7. The summed E-state index contributed by atoms with van der Waals surface area (Å²) in [6.07, 6.45) is 5.25. The van der Waals surface area contributed by atoms with Gasteiger partial charge in [0.15, 0.2) is 0 Å². The minimum Gasteiger partial charge on any atom is -0.207 e. The lowest BCUT2D eigenvalue weighted by atomic mass is 9.80. The Morgan fingerprint density at radius 3 is 2.80 bits per heavy atom. The van der Waals surface area contributed by atoms with E-state index in [1.807, 2.05) is 0 Å². The van der Waals surface area contributed by atoms with Crippen molar-refractivity contribution in [3.63, 3.8) is 0 Å². The molecule has 0 aliphatic heterocycles. The third-order valence-electron chi connectivity index (χ3n) is 3.94. The van der Waals surface area contributed by atoms with Gasteiger partial charge in [-0.15, -0.1) is 11.8 Å². The van der Waals surface area contributed by atoms with Crippen LogP contribution in [-0.2, 0) is 0 Å². The van der Waals surface area contributed by atoms with Crippen LogP contribution < -0.4 is 0 Å². The molecule has 1 fully saturated rings. The number of thioether (sulfide) groups is 1. The molecule has 0 spiro atoms. The number of hydrogen-bond acceptors (Lipinski definition) is 2. The zero-order valence-corrected chi connectivity index (χ0v) is 12.4. The molecule has 4 heteroatoms. The molecular weight excluding hydrogens is 276 g/mol. The summed E-state index contributed by atoms with van der Waals surface area (Å²) in [5.41, 5.74) is 0. The minimum absolute atomic E-state index is 0.0300. The summed E-state index contributed by atoms with van der Waals surface area (Å²) in [4.78, 5) is 0.453. The van der Waals surface area contributed by atoms with Gasteiger partial charge in [0.05, 0.1) is 12.0 Å². The van der Waals surface area contributed by atoms with Gasteiger partial charge in [0, 0.05) is 16.2 Å². The molecule has 0 heterocycles. The Bertz CT molecular complexity index is 498. The first-order valence-electron chi connectivity index (χ1n) is 7.15. The first kappa shape index (κ1) is 15.3. The molecule has 0 aromatic heterocycles. The fourth-order valence-electron chi connectivity index (χ4n) is 2.89. The Hall–Kier alpha value is -1.08. The van der Waals surface area contributed by atoms with E-state index in [-0.39, 0.29) is 11.2 Å². The molecule has 0 bridgehead atoms. The zero-order valence-electron chi connectivity index (χ0n) is 11.6. The summed E-state index contributed by atoms with van der Waals surface area (Å²) in [6, 6.07) is 6.02. The van der Waals surface area contributed by atoms with Gasteiger partial charge in [0.25, 0.3) is 0 Å². The standard InChI is InChI=1S/C16H19F2NS/c1-2-3-11-4-5-12(10-19)16(8-11)20-15-7-6-13(17)9-14(15)18/h6-7,9,11-12,16H,2-5,8H2,1H3. The van der Waals surface area contributed by atoms with E-state index in [0.717, 1.165) is 31.7 Å². The van der Waals surface area contributed by atoms with Crippen LogP contribution in [0.25, 0.3) is 0 Å². The number of rotatable bonds is 4. The molecule has 2 rings (SSSR count). The Kier molecular flexibility index (Phi) is 5.42. The molecule has 1 nitrogen and oxygen atoms in total. The fraction of sp³-hybridized carbons (Fsp3) is 0.562. The largest absolute Gasteiger partial charge is 0.207 e. The molecule has 0 N–H and O–H groups in total. The third kappa shape index (κ3) is 3.73. The Morgan fingerprint density at radius 2 is 2.15 bits per heavy atom. The molecule has 20 heavy (non-hydrogen) atoms. The van der Waals surface area contributed by atoms with Crippen molar-refractivity contribution >= 4 is 11.8 Å². The summed E-state index contributed by atoms with van der Waals surface area (Å²) >= 11 is 1.40. The average molecular weight is 295 g/mol. The lowest BCUT2D eigenvalue weighted by Crippen LogP contribution is -2.26. The first-order chi connectivity index (χ1) is 9.63. The van der Waals surface area contributed by atoms with Crippen molar-refractivity contribution in [3.8, 4) is 6.07 Å². The highest BCUT2D eigenvalue weighted by molar-refractivity contribution is 8.00. The molecule has 3 atom stereocenters. The molecule has 3 unspecified atom stereocenters. The van der Waals surface area contributed by atoms with E-state index < -0.39 is 11.6 Å². The number of nitrogens with zero attached hydrogens (tertiary/aromatic N) is 1. The molecule has 0 amide bonds. The van der Waals surface area contributed by atoms with Gasteiger partial charge in [-0.25, -0.2) is 8.78 Å². The van der Waals surface area contributed by atoms with Gasteiger partial charge >= 0.3 is 0 Å². The van der Waals surface area contributed by atoms with E-state index in [2.05, 4.69) is 13.0 Å². The summed E-state index contributed by atoms with van der Waals surface area (Å²) in [5, 5.41) is 9.37. The van der Waals surface area contributed by atoms with Crippen LogP contribution in [0.1, 0.15) is 39.0 Å². The van der Waals surface area contributed by atoms with Crippen molar-refractivity contribution in [1.29, 1.82) is 5.26 Å². The summed E-state index contributed by atoms with van der Waals surface area (Å²) in [7, 11) is 0. The van der Waals surface area contributed by atoms with E-state index in [1.54, 1.807) is 0 Å². The lowest BCUT2D eigenvalue weighted by molar-refractivity contribution is 0.306. The smallest absolute Gasteiger partial charge is 0.139 e. The second-order valence-electron chi connectivity index (χ2n) is 5.43. The highest BCUT2D eigenvalue weighted by Crippen LogP contribution is 2.41. The van der Waals surface area contributed by atoms with Crippen molar-refractivity contribution in [1.82, 2.24) is 0 Å². The highest BCUT2D eigenvalue weighted by atomic mass is 32.2. The van der Waals surface area contributed by atoms with Gasteiger partial charge in [0.2, 0.25) is 0 Å². The zero-order chi connectivity index (χ0) is 14.5. The van der Waals surface area contributed by atoms with Crippen LogP contribution >= 0.6 is 11.8 Å². The number of benzene rings is 1. The summed E-state index contributed by atoms with van der Waals surface area (Å²) in [5.74, 6) is -0.483. The molecule has 1 aliphatic carbocycles. The highest BCUT2D eigenvalue weighted by Gasteiger charge is 2.31. The van der Waals surface area contributed by atoms with Gasteiger partial charge in [-0.05, 0) is 37.3 Å². The molecule has 1 aromatic carbocycles. The maximum Gasteiger partial charge on any atom is 0.139 e. The van der Waals surface area contributed by atoms with Gasteiger partial charge < -0.3 is 0 Å². The van der Waals surface area contributed by atoms with Crippen molar-refractivity contribution in [3.05, 3.63) is 29.8 Å². The average Bonchev–Trinajstić information content (AvgIpc) is 2.43. The molecular formula is C16H19F2NS. The van der Waals surface area contributed by atoms with E-state index in [1.165, 1.54) is 30.3 Å². The van der Waals surface area contributed by atoms with Crippen molar-refractivity contribution in [2.75, 3.05) is 0 Å². The Morgan fingerprint density at radius 1 is 1.35 bits per heavy atom. The topological polar surface area (TPSA) is 23.8 Å². The molecule has 0 radical (unpaired) electrons. The van der Waals surface area contributed by atoms with Crippen LogP contribution in [0.3, 0.4) is 0 Å². The summed E-state index contributed by atoms with van der Waals surface area (Å²) in [6.45, 7) is 2.16. The second-order valence-corrected chi connectivity index (χ2v) is 6.72. The van der Waals surface area contributed by atoms with Crippen LogP contribution in [0, 0.1) is 34.8 Å². The van der Waals surface area contributed by atoms with Crippen molar-refractivity contribution in [2.45, 2.75) is 49.2 Å². The molecule has 1 aliphatic rings. The van der Waals surface area contributed by atoms with E-state index in [9.17, 15) is 14.0 Å². The number of halogens is 2. The number of hydrogen-bond donors (Lipinski definition) is 0. The third-order valence-corrected chi connectivity index (χ3v) is 5.34. The van der Waals surface area contributed by atoms with Gasteiger partial charge in [-0.1, -0.05) is 19.8 Å². The van der Waals surface area contributed by atoms with Crippen molar-refractivity contribution < 1.29 is 8.78 Å². The Balaban J connectivity index is 2.09. The normalized spacial score (nSPS) is 26.2. The van der Waals surface area contributed by atoms with Crippen LogP contribution in [0.4, 0.5) is 8.78 Å². The van der Waals surface area contributed by atoms with Crippen LogP contribution in [0.2, 0.25) is 0 Å².